The molecule has 0 saturated carbocycles. The molecule has 6 nitrogen and oxygen atoms in total. The van der Waals surface area contributed by atoms with E-state index in [-0.39, 0.29) is 5.91 Å². The standard InChI is InChI=1S/C14H20N4O2/c1-3-9-20-11-6-4-5-10-13(11)17-14(15)18(10)8-7-12(19)16-2/h4-6H,3,7-9H2,1-2H3,(H2,15,17)(H,16,19). The molecule has 6 heteroatoms. The van der Waals surface area contributed by atoms with Gasteiger partial charge in [0.2, 0.25) is 11.9 Å². The smallest absolute Gasteiger partial charge is 0.221 e. The first-order valence-corrected chi connectivity index (χ1v) is 6.75. The predicted octanol–water partition coefficient (Wildman–Crippen LogP) is 1.54. The Bertz CT molecular complexity index is 606. The van der Waals surface area contributed by atoms with Crippen LogP contribution in [0.5, 0.6) is 5.75 Å². The molecule has 20 heavy (non-hydrogen) atoms. The van der Waals surface area contributed by atoms with Crippen molar-refractivity contribution in [2.24, 2.45) is 0 Å². The summed E-state index contributed by atoms with van der Waals surface area (Å²) in [4.78, 5) is 15.7. The maximum atomic E-state index is 11.4. The normalized spacial score (nSPS) is 10.7. The van der Waals surface area contributed by atoms with Gasteiger partial charge in [0.1, 0.15) is 11.3 Å². The number of aromatic nitrogens is 2. The van der Waals surface area contributed by atoms with Gasteiger partial charge in [-0.25, -0.2) is 4.98 Å². The van der Waals surface area contributed by atoms with Gasteiger partial charge in [-0.1, -0.05) is 13.0 Å². The van der Waals surface area contributed by atoms with Crippen LogP contribution in [-0.4, -0.2) is 29.1 Å². The van der Waals surface area contributed by atoms with Crippen molar-refractivity contribution in [1.29, 1.82) is 0 Å². The van der Waals surface area contributed by atoms with Crippen molar-refractivity contribution < 1.29 is 9.53 Å². The van der Waals surface area contributed by atoms with Gasteiger partial charge in [-0.05, 0) is 18.6 Å². The quantitative estimate of drug-likeness (QED) is 0.838. The van der Waals surface area contributed by atoms with E-state index in [9.17, 15) is 4.79 Å². The Morgan fingerprint density at radius 1 is 1.50 bits per heavy atom. The van der Waals surface area contributed by atoms with Gasteiger partial charge in [-0.3, -0.25) is 4.79 Å². The van der Waals surface area contributed by atoms with Gasteiger partial charge in [-0.15, -0.1) is 0 Å². The van der Waals surface area contributed by atoms with E-state index in [1.807, 2.05) is 22.8 Å². The molecule has 0 unspecified atom stereocenters. The predicted molar refractivity (Wildman–Crippen MR) is 78.6 cm³/mol. The molecule has 0 spiro atoms. The molecule has 0 bridgehead atoms. The third-order valence-electron chi connectivity index (χ3n) is 3.07. The number of anilines is 1. The Hall–Kier alpha value is -2.24. The van der Waals surface area contributed by atoms with E-state index in [0.717, 1.165) is 23.2 Å². The number of hydrogen-bond acceptors (Lipinski definition) is 4. The number of aryl methyl sites for hydroxylation is 1. The highest BCUT2D eigenvalue weighted by Crippen LogP contribution is 2.27. The number of fused-ring (bicyclic) bond motifs is 1. The van der Waals surface area contributed by atoms with E-state index in [1.165, 1.54) is 0 Å². The van der Waals surface area contributed by atoms with Crippen molar-refractivity contribution in [1.82, 2.24) is 14.9 Å². The SMILES string of the molecule is CCCOc1cccc2c1nc(N)n2CCC(=O)NC. The Labute approximate surface area is 117 Å². The minimum atomic E-state index is -0.0235. The number of amides is 1. The molecule has 1 heterocycles. The number of carbonyl (C=O) groups excluding carboxylic acids is 1. The molecule has 0 fully saturated rings. The molecule has 108 valence electrons. The second kappa shape index (κ2) is 6.27. The molecule has 0 radical (unpaired) electrons. The second-order valence-corrected chi connectivity index (χ2v) is 4.52. The highest BCUT2D eigenvalue weighted by molar-refractivity contribution is 5.84. The van der Waals surface area contributed by atoms with Crippen molar-refractivity contribution in [3.05, 3.63) is 18.2 Å². The van der Waals surface area contributed by atoms with E-state index in [0.29, 0.717) is 25.5 Å². The lowest BCUT2D eigenvalue weighted by Gasteiger charge is -2.07. The summed E-state index contributed by atoms with van der Waals surface area (Å²) in [7, 11) is 1.62. The average molecular weight is 276 g/mol. The van der Waals surface area contributed by atoms with Crippen LogP contribution in [-0.2, 0) is 11.3 Å². The average Bonchev–Trinajstić information content (AvgIpc) is 2.78. The van der Waals surface area contributed by atoms with Gasteiger partial charge in [0.15, 0.2) is 0 Å². The number of carbonyl (C=O) groups is 1. The van der Waals surface area contributed by atoms with E-state index in [2.05, 4.69) is 17.2 Å². The molecular formula is C14H20N4O2. The molecule has 3 N–H and O–H groups in total. The summed E-state index contributed by atoms with van der Waals surface area (Å²) in [5, 5.41) is 2.60. The Balaban J connectivity index is 2.31. The zero-order chi connectivity index (χ0) is 14.5. The van der Waals surface area contributed by atoms with Gasteiger partial charge in [0.05, 0.1) is 12.1 Å². The number of benzene rings is 1. The maximum Gasteiger partial charge on any atom is 0.221 e. The van der Waals surface area contributed by atoms with Crippen molar-refractivity contribution in [3.8, 4) is 5.75 Å². The lowest BCUT2D eigenvalue weighted by Crippen LogP contribution is -2.19. The number of nitrogens with zero attached hydrogens (tertiary/aromatic N) is 2. The summed E-state index contributed by atoms with van der Waals surface area (Å²) in [5.41, 5.74) is 7.58. The lowest BCUT2D eigenvalue weighted by molar-refractivity contribution is -0.120. The summed E-state index contributed by atoms with van der Waals surface area (Å²) in [6, 6.07) is 5.72. The van der Waals surface area contributed by atoms with Crippen LogP contribution in [0.4, 0.5) is 5.95 Å². The van der Waals surface area contributed by atoms with Gasteiger partial charge < -0.3 is 20.4 Å². The van der Waals surface area contributed by atoms with Crippen LogP contribution in [0.2, 0.25) is 0 Å². The zero-order valence-corrected chi connectivity index (χ0v) is 11.8. The number of nitrogens with two attached hydrogens (primary N) is 1. The largest absolute Gasteiger partial charge is 0.491 e. The maximum absolute atomic E-state index is 11.4. The third-order valence-corrected chi connectivity index (χ3v) is 3.07. The van der Waals surface area contributed by atoms with Crippen LogP contribution in [0.15, 0.2) is 18.2 Å². The fourth-order valence-electron chi connectivity index (χ4n) is 2.04. The van der Waals surface area contributed by atoms with Crippen molar-refractivity contribution >= 4 is 22.9 Å². The number of ether oxygens (including phenoxy) is 1. The molecule has 0 atom stereocenters. The number of rotatable bonds is 6. The highest BCUT2D eigenvalue weighted by atomic mass is 16.5. The molecule has 1 amide bonds. The molecule has 1 aromatic heterocycles. The third kappa shape index (κ3) is 2.84. The van der Waals surface area contributed by atoms with Gasteiger partial charge in [0, 0.05) is 20.0 Å². The summed E-state index contributed by atoms with van der Waals surface area (Å²) in [6.07, 6.45) is 1.30. The topological polar surface area (TPSA) is 82.2 Å². The van der Waals surface area contributed by atoms with Crippen molar-refractivity contribution in [3.63, 3.8) is 0 Å². The second-order valence-electron chi connectivity index (χ2n) is 4.52. The summed E-state index contributed by atoms with van der Waals surface area (Å²) < 4.78 is 7.51. The lowest BCUT2D eigenvalue weighted by atomic mass is 10.3. The molecule has 2 rings (SSSR count). The summed E-state index contributed by atoms with van der Waals surface area (Å²) >= 11 is 0. The molecule has 0 aliphatic heterocycles. The fraction of sp³-hybridized carbons (Fsp3) is 0.429. The van der Waals surface area contributed by atoms with Crippen LogP contribution < -0.4 is 15.8 Å². The number of nitrogens with one attached hydrogen (secondary N) is 1. The molecule has 0 saturated heterocycles. The minimum Gasteiger partial charge on any atom is -0.491 e. The number of para-hydroxylation sites is 1. The monoisotopic (exact) mass is 276 g/mol. The Morgan fingerprint density at radius 2 is 2.30 bits per heavy atom. The van der Waals surface area contributed by atoms with Gasteiger partial charge >= 0.3 is 0 Å². The summed E-state index contributed by atoms with van der Waals surface area (Å²) in [5.74, 6) is 1.11. The summed E-state index contributed by atoms with van der Waals surface area (Å²) in [6.45, 7) is 3.19. The van der Waals surface area contributed by atoms with E-state index >= 15 is 0 Å². The molecular weight excluding hydrogens is 256 g/mol. The van der Waals surface area contributed by atoms with Crippen molar-refractivity contribution in [2.45, 2.75) is 26.3 Å². The van der Waals surface area contributed by atoms with Crippen LogP contribution in [0.1, 0.15) is 19.8 Å². The van der Waals surface area contributed by atoms with E-state index < -0.39 is 0 Å². The van der Waals surface area contributed by atoms with Gasteiger partial charge in [-0.2, -0.15) is 0 Å². The van der Waals surface area contributed by atoms with E-state index in [1.54, 1.807) is 7.05 Å². The van der Waals surface area contributed by atoms with Crippen molar-refractivity contribution in [2.75, 3.05) is 19.4 Å². The first-order chi connectivity index (χ1) is 9.67. The first kappa shape index (κ1) is 14.2. The van der Waals surface area contributed by atoms with Crippen LogP contribution in [0.25, 0.3) is 11.0 Å². The molecule has 0 aliphatic rings. The number of hydrogen-bond donors (Lipinski definition) is 2. The minimum absolute atomic E-state index is 0.0235. The van der Waals surface area contributed by atoms with Crippen LogP contribution >= 0.6 is 0 Å². The number of nitrogen functional groups attached to an aromatic ring is 1. The Kier molecular flexibility index (Phi) is 4.45. The molecule has 1 aromatic carbocycles. The first-order valence-electron chi connectivity index (χ1n) is 6.75. The highest BCUT2D eigenvalue weighted by Gasteiger charge is 2.13. The number of imidazole rings is 1. The van der Waals surface area contributed by atoms with Gasteiger partial charge in [0.25, 0.3) is 0 Å². The van der Waals surface area contributed by atoms with Crippen LogP contribution in [0, 0.1) is 0 Å². The molecule has 2 aromatic rings. The zero-order valence-electron chi connectivity index (χ0n) is 11.8. The van der Waals surface area contributed by atoms with Crippen LogP contribution in [0.3, 0.4) is 0 Å². The Morgan fingerprint density at radius 3 is 3.00 bits per heavy atom. The molecule has 0 aliphatic carbocycles. The van der Waals surface area contributed by atoms with E-state index in [4.69, 9.17) is 10.5 Å². The fourth-order valence-corrected chi connectivity index (χ4v) is 2.04.